The van der Waals surface area contributed by atoms with Crippen LogP contribution >= 0.6 is 11.3 Å². The number of amides is 1. The van der Waals surface area contributed by atoms with Gasteiger partial charge in [0.25, 0.3) is 5.91 Å². The summed E-state index contributed by atoms with van der Waals surface area (Å²) < 4.78 is 7.38. The molecule has 4 rings (SSSR count). The van der Waals surface area contributed by atoms with E-state index in [-0.39, 0.29) is 12.5 Å². The summed E-state index contributed by atoms with van der Waals surface area (Å²) in [7, 11) is 0. The maximum Gasteiger partial charge on any atom is 0.341 e. The molecule has 4 heterocycles. The minimum Gasteiger partial charge on any atom is -0.452 e. The summed E-state index contributed by atoms with van der Waals surface area (Å²) in [6.07, 6.45) is 3.41. The molecule has 0 atom stereocenters. The maximum absolute atomic E-state index is 12.6. The highest BCUT2D eigenvalue weighted by atomic mass is 32.1. The van der Waals surface area contributed by atoms with Crippen molar-refractivity contribution >= 4 is 29.2 Å². The molecule has 1 aliphatic heterocycles. The van der Waals surface area contributed by atoms with Crippen LogP contribution in [0.15, 0.2) is 42.0 Å². The van der Waals surface area contributed by atoms with Gasteiger partial charge in [0, 0.05) is 50.0 Å². The van der Waals surface area contributed by atoms with Crippen LogP contribution < -0.4 is 4.90 Å². The Hall–Kier alpha value is -3.20. The Morgan fingerprint density at radius 1 is 1.03 bits per heavy atom. The number of anilines is 1. The first-order valence-corrected chi connectivity index (χ1v) is 10.6. The highest BCUT2D eigenvalue weighted by Gasteiger charge is 2.24. The number of rotatable bonds is 5. The molecule has 9 heteroatoms. The Morgan fingerprint density at radius 3 is 2.37 bits per heavy atom. The van der Waals surface area contributed by atoms with Crippen LogP contribution in [0.25, 0.3) is 5.00 Å². The molecule has 0 aliphatic carbocycles. The molecule has 0 spiro atoms. The second-order valence-electron chi connectivity index (χ2n) is 7.08. The number of carbonyl (C=O) groups excluding carboxylic acids is 2. The van der Waals surface area contributed by atoms with Crippen molar-refractivity contribution in [3.63, 3.8) is 0 Å². The Morgan fingerprint density at radius 2 is 1.70 bits per heavy atom. The van der Waals surface area contributed by atoms with Gasteiger partial charge in [-0.15, -0.1) is 11.3 Å². The maximum atomic E-state index is 12.6. The van der Waals surface area contributed by atoms with E-state index in [1.165, 1.54) is 11.3 Å². The summed E-state index contributed by atoms with van der Waals surface area (Å²) in [4.78, 5) is 37.4. The van der Waals surface area contributed by atoms with Crippen molar-refractivity contribution in [1.82, 2.24) is 19.4 Å². The summed E-state index contributed by atoms with van der Waals surface area (Å²) in [5.74, 6) is -0.0119. The van der Waals surface area contributed by atoms with Gasteiger partial charge < -0.3 is 19.1 Å². The Kier molecular flexibility index (Phi) is 5.80. The van der Waals surface area contributed by atoms with E-state index in [1.807, 2.05) is 40.8 Å². The monoisotopic (exact) mass is 425 g/mol. The molecular formula is C21H23N5O3S. The number of carbonyl (C=O) groups is 2. The molecule has 0 radical (unpaired) electrons. The lowest BCUT2D eigenvalue weighted by Crippen LogP contribution is -2.50. The SMILES string of the molecule is Cc1ccc(C)n1-c1sccc1C(=O)OCC(=O)N1CCN(c2ncccn2)CC1. The van der Waals surface area contributed by atoms with Crippen molar-refractivity contribution in [2.45, 2.75) is 13.8 Å². The molecule has 1 saturated heterocycles. The molecule has 1 aliphatic rings. The average Bonchev–Trinajstić information content (AvgIpc) is 3.38. The largest absolute Gasteiger partial charge is 0.452 e. The third kappa shape index (κ3) is 4.06. The number of ether oxygens (including phenoxy) is 1. The number of hydrogen-bond donors (Lipinski definition) is 0. The molecule has 1 amide bonds. The van der Waals surface area contributed by atoms with E-state index in [2.05, 4.69) is 9.97 Å². The van der Waals surface area contributed by atoms with Gasteiger partial charge in [-0.3, -0.25) is 4.79 Å². The first kappa shape index (κ1) is 20.1. The van der Waals surface area contributed by atoms with Crippen molar-refractivity contribution in [2.24, 2.45) is 0 Å². The molecule has 0 N–H and O–H groups in total. The Balaban J connectivity index is 1.33. The van der Waals surface area contributed by atoms with E-state index in [0.29, 0.717) is 37.7 Å². The lowest BCUT2D eigenvalue weighted by Gasteiger charge is -2.34. The number of aryl methyl sites for hydroxylation is 2. The minimum absolute atomic E-state index is 0.193. The molecule has 1 fully saturated rings. The molecule has 3 aromatic heterocycles. The number of hydrogen-bond acceptors (Lipinski definition) is 7. The van der Waals surface area contributed by atoms with Gasteiger partial charge in [-0.2, -0.15) is 0 Å². The topological polar surface area (TPSA) is 80.6 Å². The third-order valence-electron chi connectivity index (χ3n) is 5.13. The molecule has 0 saturated carbocycles. The first-order chi connectivity index (χ1) is 14.5. The zero-order valence-corrected chi connectivity index (χ0v) is 17.8. The quantitative estimate of drug-likeness (QED) is 0.584. The number of aromatic nitrogens is 3. The fourth-order valence-corrected chi connectivity index (χ4v) is 4.53. The zero-order chi connectivity index (χ0) is 21.1. The van der Waals surface area contributed by atoms with Crippen LogP contribution in [0, 0.1) is 13.8 Å². The third-order valence-corrected chi connectivity index (χ3v) is 6.03. The van der Waals surface area contributed by atoms with Crippen molar-refractivity contribution in [3.8, 4) is 5.00 Å². The lowest BCUT2D eigenvalue weighted by molar-refractivity contribution is -0.134. The smallest absolute Gasteiger partial charge is 0.341 e. The lowest BCUT2D eigenvalue weighted by atomic mass is 10.3. The number of piperazine rings is 1. The molecule has 156 valence electrons. The number of thiophene rings is 1. The fraction of sp³-hybridized carbons (Fsp3) is 0.333. The summed E-state index contributed by atoms with van der Waals surface area (Å²) in [6.45, 7) is 6.09. The van der Waals surface area contributed by atoms with Crippen molar-refractivity contribution in [2.75, 3.05) is 37.7 Å². The van der Waals surface area contributed by atoms with Crippen molar-refractivity contribution in [1.29, 1.82) is 0 Å². The van der Waals surface area contributed by atoms with E-state index in [0.717, 1.165) is 16.4 Å². The molecular weight excluding hydrogens is 402 g/mol. The van der Waals surface area contributed by atoms with Gasteiger partial charge >= 0.3 is 5.97 Å². The Labute approximate surface area is 178 Å². The van der Waals surface area contributed by atoms with Crippen molar-refractivity contribution < 1.29 is 14.3 Å². The second-order valence-corrected chi connectivity index (χ2v) is 7.98. The molecule has 8 nitrogen and oxygen atoms in total. The van der Waals surface area contributed by atoms with Gasteiger partial charge in [0.2, 0.25) is 5.95 Å². The fourth-order valence-electron chi connectivity index (χ4n) is 3.53. The van der Waals surface area contributed by atoms with E-state index < -0.39 is 5.97 Å². The minimum atomic E-state index is -0.483. The van der Waals surface area contributed by atoms with Crippen LogP contribution in [-0.4, -0.2) is 64.1 Å². The predicted octanol–water partition coefficient (Wildman–Crippen LogP) is 2.45. The summed E-state index contributed by atoms with van der Waals surface area (Å²) in [6, 6.07) is 7.53. The normalized spacial score (nSPS) is 14.1. The Bertz CT molecular complexity index is 1020. The van der Waals surface area contributed by atoms with Gasteiger partial charge in [-0.25, -0.2) is 14.8 Å². The summed E-state index contributed by atoms with van der Waals surface area (Å²) in [5, 5.41) is 2.67. The van der Waals surface area contributed by atoms with Gasteiger partial charge in [0.05, 0.1) is 5.56 Å². The predicted molar refractivity (Wildman–Crippen MR) is 114 cm³/mol. The molecule has 0 aromatic carbocycles. The zero-order valence-electron chi connectivity index (χ0n) is 16.9. The summed E-state index contributed by atoms with van der Waals surface area (Å²) >= 11 is 1.47. The highest BCUT2D eigenvalue weighted by Crippen LogP contribution is 2.26. The van der Waals surface area contributed by atoms with Gasteiger partial charge in [-0.1, -0.05) is 0 Å². The van der Waals surface area contributed by atoms with Gasteiger partial charge in [-0.05, 0) is 43.5 Å². The number of esters is 1. The average molecular weight is 426 g/mol. The van der Waals surface area contributed by atoms with E-state index in [9.17, 15) is 9.59 Å². The van der Waals surface area contributed by atoms with Gasteiger partial charge in [0.1, 0.15) is 5.00 Å². The molecule has 30 heavy (non-hydrogen) atoms. The number of nitrogens with zero attached hydrogens (tertiary/aromatic N) is 5. The van der Waals surface area contributed by atoms with Crippen LogP contribution in [0.3, 0.4) is 0 Å². The molecule has 3 aromatic rings. The van der Waals surface area contributed by atoms with E-state index in [1.54, 1.807) is 29.4 Å². The molecule has 0 bridgehead atoms. The van der Waals surface area contributed by atoms with Crippen LogP contribution in [0.5, 0.6) is 0 Å². The molecule has 0 unspecified atom stereocenters. The van der Waals surface area contributed by atoms with Crippen LogP contribution in [0.1, 0.15) is 21.7 Å². The van der Waals surface area contributed by atoms with Crippen LogP contribution in [-0.2, 0) is 9.53 Å². The second kappa shape index (κ2) is 8.66. The highest BCUT2D eigenvalue weighted by molar-refractivity contribution is 7.13. The van der Waals surface area contributed by atoms with Gasteiger partial charge in [0.15, 0.2) is 6.61 Å². The van der Waals surface area contributed by atoms with E-state index in [4.69, 9.17) is 4.74 Å². The van der Waals surface area contributed by atoms with E-state index >= 15 is 0 Å². The summed E-state index contributed by atoms with van der Waals surface area (Å²) in [5.41, 5.74) is 2.56. The van der Waals surface area contributed by atoms with Crippen molar-refractivity contribution in [3.05, 3.63) is 59.0 Å². The van der Waals surface area contributed by atoms with Crippen LogP contribution in [0.4, 0.5) is 5.95 Å². The standard InChI is InChI=1S/C21H23N5O3S/c1-15-4-5-16(2)26(15)19-17(6-13-30-19)20(28)29-14-18(27)24-9-11-25(12-10-24)21-22-7-3-8-23-21/h3-8,13H,9-12,14H2,1-2H3. The first-order valence-electron chi connectivity index (χ1n) is 9.74. The van der Waals surface area contributed by atoms with Crippen LogP contribution in [0.2, 0.25) is 0 Å².